The summed E-state index contributed by atoms with van der Waals surface area (Å²) in [6.07, 6.45) is 13.4. The van der Waals surface area contributed by atoms with E-state index >= 15 is 0 Å². The van der Waals surface area contributed by atoms with Gasteiger partial charge in [-0.05, 0) is 103 Å². The van der Waals surface area contributed by atoms with E-state index < -0.39 is 0 Å². The van der Waals surface area contributed by atoms with E-state index in [9.17, 15) is 0 Å². The standard InChI is InChI=1S/C21H24O.C19H22O.CO2/c1-2-18-11-6-7-14-21(18)19-12-8-13-20(15-19)22-16-17-9-4-3-5-10-17;1-3-8-16(9-4-1)15-20-19-13-7-12-18(14-19)17-10-5-2-6-11-17;2-1-3/h3-5,8-10,12-13,15H,2,6-7,11,14,16H2,1H3;1,3-4,7-9,12-14,17H,2,5-6,10-11,15H2;. The second-order valence-corrected chi connectivity index (χ2v) is 11.7. The smallest absolute Gasteiger partial charge is 0.373 e. The zero-order chi connectivity index (χ0) is 31.5. The maximum Gasteiger partial charge on any atom is 0.373 e. The van der Waals surface area contributed by atoms with Crippen LogP contribution in [0.4, 0.5) is 0 Å². The van der Waals surface area contributed by atoms with Crippen LogP contribution >= 0.6 is 0 Å². The van der Waals surface area contributed by atoms with Crippen molar-refractivity contribution in [2.75, 3.05) is 0 Å². The average Bonchev–Trinajstić information content (AvgIpc) is 3.12. The molecule has 0 amide bonds. The summed E-state index contributed by atoms with van der Waals surface area (Å²) in [5.74, 6) is 2.70. The van der Waals surface area contributed by atoms with Crippen molar-refractivity contribution in [2.24, 2.45) is 0 Å². The molecule has 1 fully saturated rings. The molecular formula is C41H46O4. The molecule has 45 heavy (non-hydrogen) atoms. The van der Waals surface area contributed by atoms with Gasteiger partial charge in [-0.25, -0.2) is 0 Å². The molecule has 0 heterocycles. The van der Waals surface area contributed by atoms with E-state index in [1.54, 1.807) is 11.1 Å². The lowest BCUT2D eigenvalue weighted by Gasteiger charge is -2.22. The van der Waals surface area contributed by atoms with Gasteiger partial charge in [-0.15, -0.1) is 0 Å². The van der Waals surface area contributed by atoms with Crippen LogP contribution in [0.5, 0.6) is 11.5 Å². The van der Waals surface area contributed by atoms with E-state index in [0.29, 0.717) is 13.2 Å². The molecule has 4 aromatic carbocycles. The first kappa shape index (κ1) is 33.5. The van der Waals surface area contributed by atoms with E-state index in [0.717, 1.165) is 17.4 Å². The molecule has 0 spiro atoms. The van der Waals surface area contributed by atoms with Gasteiger partial charge < -0.3 is 9.47 Å². The molecule has 234 valence electrons. The Balaban J connectivity index is 0.000000189. The quantitative estimate of drug-likeness (QED) is 0.191. The molecule has 4 heteroatoms. The van der Waals surface area contributed by atoms with Crippen LogP contribution in [-0.4, -0.2) is 6.15 Å². The topological polar surface area (TPSA) is 52.6 Å². The number of hydrogen-bond donors (Lipinski definition) is 0. The summed E-state index contributed by atoms with van der Waals surface area (Å²) in [5.41, 5.74) is 8.41. The van der Waals surface area contributed by atoms with Crippen molar-refractivity contribution in [1.82, 2.24) is 0 Å². The molecular weight excluding hydrogens is 556 g/mol. The molecule has 0 aromatic heterocycles. The fourth-order valence-corrected chi connectivity index (χ4v) is 6.26. The van der Waals surface area contributed by atoms with Gasteiger partial charge in [-0.1, -0.05) is 117 Å². The van der Waals surface area contributed by atoms with Crippen LogP contribution in [0, 0.1) is 0 Å². The van der Waals surface area contributed by atoms with Gasteiger partial charge in [0.2, 0.25) is 0 Å². The first-order chi connectivity index (χ1) is 22.2. The molecule has 1 saturated carbocycles. The Bertz CT molecular complexity index is 1480. The summed E-state index contributed by atoms with van der Waals surface area (Å²) in [6, 6.07) is 38.0. The summed E-state index contributed by atoms with van der Waals surface area (Å²) < 4.78 is 11.9. The van der Waals surface area contributed by atoms with Crippen LogP contribution in [0.3, 0.4) is 0 Å². The van der Waals surface area contributed by atoms with Crippen molar-refractivity contribution < 1.29 is 19.1 Å². The highest BCUT2D eigenvalue weighted by atomic mass is 16.5. The molecule has 0 atom stereocenters. The predicted octanol–water partition coefficient (Wildman–Crippen LogP) is 10.7. The number of ether oxygens (including phenoxy) is 2. The number of benzene rings is 4. The summed E-state index contributed by atoms with van der Waals surface area (Å²) in [7, 11) is 0. The van der Waals surface area contributed by atoms with Crippen molar-refractivity contribution in [1.29, 1.82) is 0 Å². The van der Waals surface area contributed by atoms with Crippen LogP contribution in [0.1, 0.15) is 99.3 Å². The zero-order valence-electron chi connectivity index (χ0n) is 26.6. The van der Waals surface area contributed by atoms with E-state index in [1.807, 2.05) is 12.1 Å². The Kier molecular flexibility index (Phi) is 14.2. The van der Waals surface area contributed by atoms with Crippen molar-refractivity contribution in [3.63, 3.8) is 0 Å². The molecule has 0 aliphatic heterocycles. The van der Waals surface area contributed by atoms with Crippen LogP contribution in [0.25, 0.3) is 5.57 Å². The van der Waals surface area contributed by atoms with Gasteiger partial charge in [0.05, 0.1) is 0 Å². The van der Waals surface area contributed by atoms with E-state index in [2.05, 4.69) is 104 Å². The van der Waals surface area contributed by atoms with Gasteiger partial charge in [0, 0.05) is 0 Å². The Labute approximate surface area is 269 Å². The van der Waals surface area contributed by atoms with E-state index in [1.165, 1.54) is 86.5 Å². The number of allylic oxidation sites excluding steroid dienone is 2. The van der Waals surface area contributed by atoms with Crippen LogP contribution in [-0.2, 0) is 22.8 Å². The third kappa shape index (κ3) is 11.2. The summed E-state index contributed by atoms with van der Waals surface area (Å²) in [6.45, 7) is 3.55. The van der Waals surface area contributed by atoms with Gasteiger partial charge in [-0.2, -0.15) is 9.59 Å². The van der Waals surface area contributed by atoms with Gasteiger partial charge in [-0.3, -0.25) is 0 Å². The minimum absolute atomic E-state index is 0.250. The molecule has 2 aliphatic carbocycles. The number of rotatable bonds is 9. The normalized spacial score (nSPS) is 14.6. The fraction of sp³-hybridized carbons (Fsp3) is 0.341. The molecule has 0 radical (unpaired) electrons. The SMILES string of the molecule is CCC1=C(c2cccc(OCc3ccccc3)c2)CCCC1.O=C=O.c1ccc(COc2cccc(C3CCCCC3)c2)cc1. The Hall–Kier alpha value is -4.40. The van der Waals surface area contributed by atoms with Crippen molar-refractivity contribution >= 4 is 11.7 Å². The third-order valence-electron chi connectivity index (χ3n) is 8.62. The second-order valence-electron chi connectivity index (χ2n) is 11.7. The molecule has 4 aromatic rings. The minimum Gasteiger partial charge on any atom is -0.489 e. The van der Waals surface area contributed by atoms with E-state index in [4.69, 9.17) is 19.1 Å². The maximum atomic E-state index is 8.12. The number of hydrogen-bond acceptors (Lipinski definition) is 4. The molecule has 0 N–H and O–H groups in total. The largest absolute Gasteiger partial charge is 0.489 e. The highest BCUT2D eigenvalue weighted by molar-refractivity contribution is 5.70. The lowest BCUT2D eigenvalue weighted by Crippen LogP contribution is -2.04. The highest BCUT2D eigenvalue weighted by Gasteiger charge is 2.16. The predicted molar refractivity (Wildman–Crippen MR) is 181 cm³/mol. The van der Waals surface area contributed by atoms with Crippen LogP contribution < -0.4 is 9.47 Å². The number of carbonyl (C=O) groups excluding carboxylic acids is 2. The monoisotopic (exact) mass is 602 g/mol. The lowest BCUT2D eigenvalue weighted by molar-refractivity contribution is -0.191. The third-order valence-corrected chi connectivity index (χ3v) is 8.62. The molecule has 6 rings (SSSR count). The molecule has 0 unspecified atom stereocenters. The van der Waals surface area contributed by atoms with Crippen LogP contribution in [0.2, 0.25) is 0 Å². The molecule has 0 saturated heterocycles. The minimum atomic E-state index is 0.250. The zero-order valence-corrected chi connectivity index (χ0v) is 26.6. The van der Waals surface area contributed by atoms with Crippen molar-refractivity contribution in [3.8, 4) is 11.5 Å². The summed E-state index contributed by atoms with van der Waals surface area (Å²) >= 11 is 0. The summed E-state index contributed by atoms with van der Waals surface area (Å²) in [4.78, 5) is 16.2. The first-order valence-corrected chi connectivity index (χ1v) is 16.4. The van der Waals surface area contributed by atoms with Gasteiger partial charge in [0.15, 0.2) is 0 Å². The fourth-order valence-electron chi connectivity index (χ4n) is 6.26. The Morgan fingerprint density at radius 3 is 1.78 bits per heavy atom. The average molecular weight is 603 g/mol. The highest BCUT2D eigenvalue weighted by Crippen LogP contribution is 2.35. The summed E-state index contributed by atoms with van der Waals surface area (Å²) in [5, 5.41) is 0. The molecule has 2 aliphatic rings. The van der Waals surface area contributed by atoms with Crippen molar-refractivity contribution in [3.05, 3.63) is 137 Å². The molecule has 4 nitrogen and oxygen atoms in total. The van der Waals surface area contributed by atoms with E-state index in [-0.39, 0.29) is 6.15 Å². The van der Waals surface area contributed by atoms with Crippen molar-refractivity contribution in [2.45, 2.75) is 90.3 Å². The second kappa shape index (κ2) is 19.1. The van der Waals surface area contributed by atoms with Gasteiger partial charge in [0.1, 0.15) is 24.7 Å². The lowest BCUT2D eigenvalue weighted by atomic mass is 9.84. The molecule has 0 bridgehead atoms. The van der Waals surface area contributed by atoms with Gasteiger partial charge in [0.25, 0.3) is 0 Å². The first-order valence-electron chi connectivity index (χ1n) is 16.4. The Morgan fingerprint density at radius 1 is 0.622 bits per heavy atom. The van der Waals surface area contributed by atoms with Crippen LogP contribution in [0.15, 0.2) is 115 Å². The maximum absolute atomic E-state index is 8.12. The van der Waals surface area contributed by atoms with Gasteiger partial charge >= 0.3 is 6.15 Å². The Morgan fingerprint density at radius 2 is 1.18 bits per heavy atom.